The molecule has 10 nitrogen and oxygen atoms in total. The summed E-state index contributed by atoms with van der Waals surface area (Å²) in [6.07, 6.45) is 1.81. The summed E-state index contributed by atoms with van der Waals surface area (Å²) in [6.45, 7) is 9.14. The van der Waals surface area contributed by atoms with Crippen LogP contribution in [-0.2, 0) is 21.3 Å². The van der Waals surface area contributed by atoms with Gasteiger partial charge >= 0.3 is 6.03 Å². The lowest BCUT2D eigenvalue weighted by atomic mass is 9.86. The van der Waals surface area contributed by atoms with Crippen molar-refractivity contribution in [1.29, 1.82) is 0 Å². The fourth-order valence-electron chi connectivity index (χ4n) is 5.09. The number of nitrogens with one attached hydrogen (secondary N) is 4. The van der Waals surface area contributed by atoms with Gasteiger partial charge in [0.05, 0.1) is 20.9 Å². The summed E-state index contributed by atoms with van der Waals surface area (Å²) in [5, 5.41) is 19.2. The van der Waals surface area contributed by atoms with E-state index in [0.29, 0.717) is 11.6 Å². The van der Waals surface area contributed by atoms with E-state index in [1.807, 2.05) is 44.2 Å². The second-order valence-electron chi connectivity index (χ2n) is 12.3. The molecule has 3 aromatic rings. The maximum absolute atomic E-state index is 15.4. The van der Waals surface area contributed by atoms with E-state index in [4.69, 9.17) is 4.74 Å². The van der Waals surface area contributed by atoms with Gasteiger partial charge in [0.1, 0.15) is 0 Å². The van der Waals surface area contributed by atoms with Crippen LogP contribution in [-0.4, -0.2) is 48.6 Å². The summed E-state index contributed by atoms with van der Waals surface area (Å²) >= 11 is 1.14. The number of nitrogens with zero attached hydrogens (tertiary/aromatic N) is 1. The van der Waals surface area contributed by atoms with Crippen LogP contribution >= 0.6 is 11.3 Å². The predicted molar refractivity (Wildman–Crippen MR) is 170 cm³/mol. The van der Waals surface area contributed by atoms with Crippen molar-refractivity contribution in [2.24, 2.45) is 0 Å². The van der Waals surface area contributed by atoms with Crippen LogP contribution in [0.5, 0.6) is 0 Å². The number of hydrogen-bond donors (Lipinski definition) is 5. The third-order valence-electron chi connectivity index (χ3n) is 6.97. The maximum Gasteiger partial charge on any atom is 0.319 e. The van der Waals surface area contributed by atoms with Gasteiger partial charge in [-0.2, -0.15) is 4.39 Å². The number of halogens is 1. The van der Waals surface area contributed by atoms with E-state index in [0.717, 1.165) is 42.6 Å². The predicted octanol–water partition coefficient (Wildman–Crippen LogP) is 5.66. The van der Waals surface area contributed by atoms with Crippen molar-refractivity contribution >= 4 is 33.1 Å². The highest BCUT2D eigenvalue weighted by Gasteiger charge is 2.31. The molecule has 0 spiro atoms. The molecule has 13 heteroatoms. The zero-order chi connectivity index (χ0) is 32.1. The van der Waals surface area contributed by atoms with Crippen molar-refractivity contribution in [2.75, 3.05) is 5.32 Å². The first-order valence-electron chi connectivity index (χ1n) is 14.7. The molecule has 1 aliphatic rings. The molecule has 2 aromatic carbocycles. The van der Waals surface area contributed by atoms with Crippen LogP contribution in [0.15, 0.2) is 53.4 Å². The van der Waals surface area contributed by atoms with Crippen molar-refractivity contribution in [2.45, 2.75) is 102 Å². The number of benzene rings is 2. The summed E-state index contributed by atoms with van der Waals surface area (Å²) in [5.74, 6) is -0.731. The van der Waals surface area contributed by atoms with Gasteiger partial charge in [0.25, 0.3) is 0 Å². The molecule has 1 unspecified atom stereocenters. The van der Waals surface area contributed by atoms with Crippen molar-refractivity contribution in [3.05, 3.63) is 65.0 Å². The van der Waals surface area contributed by atoms with Gasteiger partial charge in [-0.05, 0) is 84.1 Å². The van der Waals surface area contributed by atoms with Crippen LogP contribution in [0.2, 0.25) is 0 Å². The molecule has 0 radical (unpaired) electrons. The number of urea groups is 1. The summed E-state index contributed by atoms with van der Waals surface area (Å²) in [7, 11) is -4.12. The smallest absolute Gasteiger partial charge is 0.319 e. The number of aromatic nitrogens is 1. The minimum atomic E-state index is -4.12. The molecule has 2 amide bonds. The van der Waals surface area contributed by atoms with E-state index < -0.39 is 34.0 Å². The lowest BCUT2D eigenvalue weighted by Crippen LogP contribution is -2.42. The number of sulfonamides is 1. The van der Waals surface area contributed by atoms with Gasteiger partial charge in [0.2, 0.25) is 22.4 Å². The minimum absolute atomic E-state index is 0.00599. The number of carbonyl (C=O) groups is 1. The summed E-state index contributed by atoms with van der Waals surface area (Å²) in [4.78, 5) is 16.8. The van der Waals surface area contributed by atoms with Crippen LogP contribution in [0, 0.1) is 5.95 Å². The van der Waals surface area contributed by atoms with Gasteiger partial charge in [0.15, 0.2) is 0 Å². The van der Waals surface area contributed by atoms with Gasteiger partial charge in [-0.3, -0.25) is 5.32 Å². The molecule has 1 saturated carbocycles. The molecule has 1 aromatic heterocycles. The van der Waals surface area contributed by atoms with Crippen molar-refractivity contribution in [3.63, 3.8) is 0 Å². The Hall–Kier alpha value is -2.94. The fraction of sp³-hybridized carbons (Fsp3) is 0.484. The van der Waals surface area contributed by atoms with Crippen LogP contribution in [0.4, 0.5) is 14.9 Å². The van der Waals surface area contributed by atoms with Crippen molar-refractivity contribution < 1.29 is 27.4 Å². The SMILES string of the molecule is CC(C)OC(O)N[C@H]1CC[C@H](c2nc(F)c(-c3ccc(NC(=O)NCc4ccccc4)cc3S(=O)(=O)NC(C)(C)C)s2)CC1. The van der Waals surface area contributed by atoms with Crippen LogP contribution in [0.25, 0.3) is 10.4 Å². The molecule has 5 N–H and O–H groups in total. The number of anilines is 1. The first kappa shape index (κ1) is 33.9. The summed E-state index contributed by atoms with van der Waals surface area (Å²) in [6, 6.07) is 13.3. The Bertz CT molecular complexity index is 1520. The highest BCUT2D eigenvalue weighted by molar-refractivity contribution is 7.89. The van der Waals surface area contributed by atoms with Gasteiger partial charge in [-0.25, -0.2) is 22.9 Å². The van der Waals surface area contributed by atoms with Gasteiger partial charge < -0.3 is 20.5 Å². The number of aliphatic hydroxyl groups is 1. The molecule has 1 atom stereocenters. The van der Waals surface area contributed by atoms with E-state index in [1.165, 1.54) is 12.1 Å². The Balaban J connectivity index is 1.54. The van der Waals surface area contributed by atoms with Gasteiger partial charge in [0, 0.05) is 35.3 Å². The summed E-state index contributed by atoms with van der Waals surface area (Å²) < 4.78 is 50.6. The van der Waals surface area contributed by atoms with Crippen LogP contribution in [0.1, 0.15) is 76.8 Å². The Morgan fingerprint density at radius 2 is 1.80 bits per heavy atom. The first-order chi connectivity index (χ1) is 20.7. The monoisotopic (exact) mass is 647 g/mol. The first-order valence-corrected chi connectivity index (χ1v) is 17.0. The number of rotatable bonds is 11. The Morgan fingerprint density at radius 1 is 1.11 bits per heavy atom. The van der Waals surface area contributed by atoms with E-state index in [-0.39, 0.29) is 39.1 Å². The van der Waals surface area contributed by atoms with Crippen LogP contribution in [0.3, 0.4) is 0 Å². The number of carbonyl (C=O) groups excluding carboxylic acids is 1. The molecular weight excluding hydrogens is 606 g/mol. The number of amides is 2. The highest BCUT2D eigenvalue weighted by atomic mass is 32.2. The molecule has 0 saturated heterocycles. The molecule has 1 aliphatic carbocycles. The average molecular weight is 648 g/mol. The van der Waals surface area contributed by atoms with Gasteiger partial charge in [-0.1, -0.05) is 30.3 Å². The minimum Gasteiger partial charge on any atom is -0.356 e. The number of hydrogen-bond acceptors (Lipinski definition) is 8. The largest absolute Gasteiger partial charge is 0.356 e. The molecular formula is C31H42FN5O5S2. The molecule has 0 aliphatic heterocycles. The molecule has 1 fully saturated rings. The lowest BCUT2D eigenvalue weighted by molar-refractivity contribution is -0.150. The van der Waals surface area contributed by atoms with E-state index in [9.17, 15) is 18.3 Å². The Labute approximate surface area is 262 Å². The fourth-order valence-corrected chi connectivity index (χ4v) is 7.96. The van der Waals surface area contributed by atoms with E-state index in [1.54, 1.807) is 26.8 Å². The molecule has 0 bridgehead atoms. The number of aliphatic hydroxyl groups excluding tert-OH is 1. The Morgan fingerprint density at radius 3 is 2.43 bits per heavy atom. The number of ether oxygens (including phenoxy) is 1. The van der Waals surface area contributed by atoms with Gasteiger partial charge in [-0.15, -0.1) is 11.3 Å². The van der Waals surface area contributed by atoms with E-state index in [2.05, 4.69) is 25.7 Å². The highest BCUT2D eigenvalue weighted by Crippen LogP contribution is 2.41. The van der Waals surface area contributed by atoms with Crippen molar-refractivity contribution in [1.82, 2.24) is 20.3 Å². The molecule has 44 heavy (non-hydrogen) atoms. The number of thiazole rings is 1. The average Bonchev–Trinajstić information content (AvgIpc) is 3.32. The maximum atomic E-state index is 15.4. The third-order valence-corrected chi connectivity index (χ3v) is 9.99. The molecule has 4 rings (SSSR count). The molecule has 1 heterocycles. The van der Waals surface area contributed by atoms with Crippen LogP contribution < -0.4 is 20.7 Å². The second-order valence-corrected chi connectivity index (χ2v) is 15.0. The zero-order valence-corrected chi connectivity index (χ0v) is 27.3. The second kappa shape index (κ2) is 14.4. The van der Waals surface area contributed by atoms with Crippen molar-refractivity contribution in [3.8, 4) is 10.4 Å². The quantitative estimate of drug-likeness (QED) is 0.169. The standard InChI is InChI=1S/C31H42FN5O5S2/c1-19(2)42-30(39)35-22-13-11-21(12-14-22)28-36-27(32)26(43-28)24-16-15-23(17-25(24)44(40,41)37-31(3,4)5)34-29(38)33-18-20-9-7-6-8-10-20/h6-10,15-17,19,21-22,30,35,37,39H,11-14,18H2,1-5H3,(H2,33,34,38)/t21-,22-,30?. The third kappa shape index (κ3) is 9.53. The topological polar surface area (TPSA) is 142 Å². The summed E-state index contributed by atoms with van der Waals surface area (Å²) in [5.41, 5.74) is 0.523. The lowest BCUT2D eigenvalue weighted by Gasteiger charge is -2.30. The zero-order valence-electron chi connectivity index (χ0n) is 25.7. The normalized spacial score (nSPS) is 18.3. The van der Waals surface area contributed by atoms with E-state index >= 15 is 4.39 Å². The Kier molecular flexibility index (Phi) is 11.1. The molecule has 240 valence electrons.